The molecule has 4 rings (SSSR count). The Morgan fingerprint density at radius 2 is 1.71 bits per heavy atom. The van der Waals surface area contributed by atoms with Gasteiger partial charge in [-0.25, -0.2) is 5.10 Å². The Hall–Kier alpha value is -3.25. The van der Waals surface area contributed by atoms with E-state index in [0.29, 0.717) is 23.9 Å². The molecule has 0 fully saturated rings. The number of carbonyl (C=O) groups excluding carboxylic acids is 1. The molecule has 28 heavy (non-hydrogen) atoms. The maximum absolute atomic E-state index is 13.4. The van der Waals surface area contributed by atoms with Gasteiger partial charge in [0, 0.05) is 16.8 Å². The van der Waals surface area contributed by atoms with Crippen LogP contribution in [-0.4, -0.2) is 27.5 Å². The number of H-pyrrole nitrogens is 1. The lowest BCUT2D eigenvalue weighted by atomic mass is 10.1. The number of thiophene rings is 1. The van der Waals surface area contributed by atoms with Crippen molar-refractivity contribution in [1.82, 2.24) is 15.1 Å². The molecule has 2 aromatic heterocycles. The molecule has 6 heteroatoms. The summed E-state index contributed by atoms with van der Waals surface area (Å²) >= 11 is 1.62. The minimum Gasteiger partial charge on any atom is -0.332 e. The highest BCUT2D eigenvalue weighted by molar-refractivity contribution is 7.09. The Bertz CT molecular complexity index is 1140. The van der Waals surface area contributed by atoms with Gasteiger partial charge in [0.05, 0.1) is 11.9 Å². The zero-order valence-corrected chi connectivity index (χ0v) is 16.0. The maximum Gasteiger partial charge on any atom is 0.275 e. The van der Waals surface area contributed by atoms with Crippen LogP contribution in [0.25, 0.3) is 10.8 Å². The number of aromatic amines is 1. The number of aromatic nitrogens is 2. The predicted octanol–water partition coefficient (Wildman–Crippen LogP) is 3.87. The summed E-state index contributed by atoms with van der Waals surface area (Å²) in [5.74, 6) is -0.184. The van der Waals surface area contributed by atoms with Crippen LogP contribution in [0.15, 0.2) is 76.9 Å². The zero-order valence-electron chi connectivity index (χ0n) is 15.2. The molecule has 0 spiro atoms. The third-order valence-corrected chi connectivity index (χ3v) is 5.49. The third-order valence-electron chi connectivity index (χ3n) is 4.63. The Kier molecular flexibility index (Phi) is 5.30. The van der Waals surface area contributed by atoms with E-state index < -0.39 is 0 Å². The van der Waals surface area contributed by atoms with Crippen LogP contribution < -0.4 is 5.56 Å². The Labute approximate surface area is 166 Å². The van der Waals surface area contributed by atoms with Gasteiger partial charge in [-0.15, -0.1) is 11.3 Å². The molecule has 140 valence electrons. The lowest BCUT2D eigenvalue weighted by Gasteiger charge is -2.22. The summed E-state index contributed by atoms with van der Waals surface area (Å²) in [5.41, 5.74) is 1.16. The number of benzene rings is 2. The lowest BCUT2D eigenvalue weighted by Crippen LogP contribution is -2.33. The summed E-state index contributed by atoms with van der Waals surface area (Å²) in [7, 11) is 0. The normalized spacial score (nSPS) is 10.9. The second-order valence-corrected chi connectivity index (χ2v) is 7.52. The van der Waals surface area contributed by atoms with Crippen molar-refractivity contribution >= 4 is 28.0 Å². The second-order valence-electron chi connectivity index (χ2n) is 6.49. The summed E-state index contributed by atoms with van der Waals surface area (Å²) in [6.45, 7) is 1.08. The van der Waals surface area contributed by atoms with E-state index >= 15 is 0 Å². The van der Waals surface area contributed by atoms with Gasteiger partial charge in [-0.1, -0.05) is 54.6 Å². The first-order chi connectivity index (χ1) is 13.7. The molecule has 0 aliphatic rings. The van der Waals surface area contributed by atoms with Gasteiger partial charge >= 0.3 is 0 Å². The number of nitrogens with zero attached hydrogens (tertiary/aromatic N) is 2. The minimum absolute atomic E-state index is 0.184. The van der Waals surface area contributed by atoms with Crippen LogP contribution in [0.4, 0.5) is 0 Å². The fraction of sp³-hybridized carbons (Fsp3) is 0.136. The maximum atomic E-state index is 13.4. The van der Waals surface area contributed by atoms with E-state index in [0.717, 1.165) is 11.3 Å². The van der Waals surface area contributed by atoms with E-state index in [1.165, 1.54) is 5.56 Å². The van der Waals surface area contributed by atoms with E-state index in [1.54, 1.807) is 34.4 Å². The van der Waals surface area contributed by atoms with E-state index in [2.05, 4.69) is 22.3 Å². The van der Waals surface area contributed by atoms with Crippen LogP contribution in [0.5, 0.6) is 0 Å². The highest BCUT2D eigenvalue weighted by Gasteiger charge is 2.21. The Balaban J connectivity index is 1.66. The number of amides is 1. The summed E-state index contributed by atoms with van der Waals surface area (Å²) in [6.07, 6.45) is 0.749. The minimum atomic E-state index is -0.291. The van der Waals surface area contributed by atoms with Crippen LogP contribution in [-0.2, 0) is 13.0 Å². The van der Waals surface area contributed by atoms with Crippen LogP contribution >= 0.6 is 11.3 Å². The summed E-state index contributed by atoms with van der Waals surface area (Å²) in [5, 5.41) is 9.60. The van der Waals surface area contributed by atoms with Crippen molar-refractivity contribution in [2.75, 3.05) is 6.54 Å². The predicted molar refractivity (Wildman–Crippen MR) is 112 cm³/mol. The van der Waals surface area contributed by atoms with E-state index in [1.807, 2.05) is 41.8 Å². The standard InChI is InChI=1S/C22H19N3O2S/c26-21-19-11-5-4-10-18(19)20(23-24-21)22(27)25(15-17-9-6-14-28-17)13-12-16-7-2-1-3-8-16/h1-11,14H,12-13,15H2,(H,24,26). The molecular formula is C22H19N3O2S. The topological polar surface area (TPSA) is 66.1 Å². The number of fused-ring (bicyclic) bond motifs is 1. The molecule has 5 nitrogen and oxygen atoms in total. The van der Waals surface area contributed by atoms with Gasteiger partial charge in [0.1, 0.15) is 0 Å². The quantitative estimate of drug-likeness (QED) is 0.544. The molecule has 0 aliphatic heterocycles. The van der Waals surface area contributed by atoms with Gasteiger partial charge < -0.3 is 4.90 Å². The van der Waals surface area contributed by atoms with Crippen molar-refractivity contribution in [3.63, 3.8) is 0 Å². The molecule has 4 aromatic rings. The molecule has 2 aromatic carbocycles. The number of hydrogen-bond acceptors (Lipinski definition) is 4. The molecule has 1 amide bonds. The highest BCUT2D eigenvalue weighted by Crippen LogP contribution is 2.18. The highest BCUT2D eigenvalue weighted by atomic mass is 32.1. The molecule has 2 heterocycles. The van der Waals surface area contributed by atoms with Crippen molar-refractivity contribution < 1.29 is 4.79 Å². The Morgan fingerprint density at radius 1 is 0.964 bits per heavy atom. The average molecular weight is 389 g/mol. The molecule has 0 atom stereocenters. The van der Waals surface area contributed by atoms with Gasteiger partial charge in [0.2, 0.25) is 0 Å². The number of carbonyl (C=O) groups is 1. The van der Waals surface area contributed by atoms with Gasteiger partial charge in [0.15, 0.2) is 5.69 Å². The van der Waals surface area contributed by atoms with Crippen LogP contribution in [0.2, 0.25) is 0 Å². The first-order valence-corrected chi connectivity index (χ1v) is 9.93. The first kappa shape index (κ1) is 18.1. The van der Waals surface area contributed by atoms with Gasteiger partial charge in [-0.3, -0.25) is 9.59 Å². The van der Waals surface area contributed by atoms with E-state index in [4.69, 9.17) is 0 Å². The van der Waals surface area contributed by atoms with Crippen molar-refractivity contribution in [2.45, 2.75) is 13.0 Å². The second kappa shape index (κ2) is 8.19. The fourth-order valence-corrected chi connectivity index (χ4v) is 3.90. The molecule has 0 saturated heterocycles. The molecule has 0 aliphatic carbocycles. The van der Waals surface area contributed by atoms with Gasteiger partial charge in [0.25, 0.3) is 11.5 Å². The van der Waals surface area contributed by atoms with E-state index in [9.17, 15) is 9.59 Å². The smallest absolute Gasteiger partial charge is 0.275 e. The van der Waals surface area contributed by atoms with Crippen LogP contribution in [0.3, 0.4) is 0 Å². The average Bonchev–Trinajstić information content (AvgIpc) is 3.25. The van der Waals surface area contributed by atoms with Crippen molar-refractivity contribution in [3.05, 3.63) is 98.6 Å². The summed E-state index contributed by atoms with van der Waals surface area (Å²) < 4.78 is 0. The van der Waals surface area contributed by atoms with Crippen molar-refractivity contribution in [3.8, 4) is 0 Å². The fourth-order valence-electron chi connectivity index (χ4n) is 3.18. The van der Waals surface area contributed by atoms with Crippen LogP contribution in [0, 0.1) is 0 Å². The molecule has 0 saturated carbocycles. The third kappa shape index (κ3) is 3.87. The first-order valence-electron chi connectivity index (χ1n) is 9.05. The van der Waals surface area contributed by atoms with Crippen molar-refractivity contribution in [2.24, 2.45) is 0 Å². The van der Waals surface area contributed by atoms with Gasteiger partial charge in [-0.05, 0) is 29.5 Å². The largest absolute Gasteiger partial charge is 0.332 e. The van der Waals surface area contributed by atoms with Gasteiger partial charge in [-0.2, -0.15) is 5.10 Å². The molecule has 1 N–H and O–H groups in total. The SMILES string of the molecule is O=C(c1n[nH]c(=O)c2ccccc12)N(CCc1ccccc1)Cc1cccs1. The number of hydrogen-bond donors (Lipinski definition) is 1. The monoisotopic (exact) mass is 389 g/mol. The lowest BCUT2D eigenvalue weighted by molar-refractivity contribution is 0.0742. The molecule has 0 bridgehead atoms. The molecular weight excluding hydrogens is 370 g/mol. The molecule has 0 radical (unpaired) electrons. The number of nitrogens with one attached hydrogen (secondary N) is 1. The summed E-state index contributed by atoms with van der Waals surface area (Å²) in [4.78, 5) is 28.3. The number of rotatable bonds is 6. The zero-order chi connectivity index (χ0) is 19.3. The summed E-state index contributed by atoms with van der Waals surface area (Å²) in [6, 6.07) is 21.2. The Morgan fingerprint density at radius 3 is 2.46 bits per heavy atom. The van der Waals surface area contributed by atoms with Crippen molar-refractivity contribution in [1.29, 1.82) is 0 Å². The van der Waals surface area contributed by atoms with E-state index in [-0.39, 0.29) is 17.2 Å². The molecule has 0 unspecified atom stereocenters. The van der Waals surface area contributed by atoms with Crippen LogP contribution in [0.1, 0.15) is 20.9 Å².